The second-order valence-electron chi connectivity index (χ2n) is 8.29. The smallest absolute Gasteiger partial charge is 0.459 e. The average molecular weight is 488 g/mol. The van der Waals surface area contributed by atoms with Gasteiger partial charge in [-0.25, -0.2) is 19.6 Å². The number of nitrogen functional groups attached to an aromatic ring is 2. The highest BCUT2D eigenvalue weighted by Gasteiger charge is 2.41. The Hall–Kier alpha value is -3.14. The monoisotopic (exact) mass is 488 g/mol. The van der Waals surface area contributed by atoms with Crippen molar-refractivity contribution >= 4 is 36.4 Å². The fourth-order valence-electron chi connectivity index (χ4n) is 4.18. The van der Waals surface area contributed by atoms with Crippen molar-refractivity contribution in [2.75, 3.05) is 24.6 Å². The third-order valence-electron chi connectivity index (χ3n) is 5.61. The largest absolute Gasteiger partial charge is 0.465 e. The van der Waals surface area contributed by atoms with Gasteiger partial charge >= 0.3 is 13.7 Å². The SMILES string of the molecule is CCOC(=O)CNP(=O)(Oc1ccccc1)OC1C[C@H](C)CC1n1cnc2c(N)cc(N)nc21. The topological polar surface area (TPSA) is 157 Å². The Morgan fingerprint density at radius 1 is 1.26 bits per heavy atom. The summed E-state index contributed by atoms with van der Waals surface area (Å²) in [5, 5.41) is 2.65. The summed E-state index contributed by atoms with van der Waals surface area (Å²) >= 11 is 0. The molecule has 4 rings (SSSR count). The van der Waals surface area contributed by atoms with Crippen molar-refractivity contribution in [1.82, 2.24) is 19.6 Å². The molecule has 1 fully saturated rings. The highest BCUT2D eigenvalue weighted by atomic mass is 31.2. The number of aromatic nitrogens is 3. The third-order valence-corrected chi connectivity index (χ3v) is 7.15. The Balaban J connectivity index is 1.62. The quantitative estimate of drug-likeness (QED) is 0.302. The second kappa shape index (κ2) is 10.0. The number of nitrogens with zero attached hydrogens (tertiary/aromatic N) is 3. The zero-order valence-corrected chi connectivity index (χ0v) is 20.0. The number of carbonyl (C=O) groups is 1. The number of hydrogen-bond donors (Lipinski definition) is 3. The fourth-order valence-corrected chi connectivity index (χ4v) is 5.66. The molecule has 34 heavy (non-hydrogen) atoms. The summed E-state index contributed by atoms with van der Waals surface area (Å²) in [5.74, 6) is 0.334. The fraction of sp³-hybridized carbons (Fsp3) is 0.409. The first-order valence-electron chi connectivity index (χ1n) is 11.1. The van der Waals surface area contributed by atoms with E-state index in [1.807, 2.05) is 10.6 Å². The van der Waals surface area contributed by atoms with Crippen LogP contribution in [-0.2, 0) is 18.6 Å². The van der Waals surface area contributed by atoms with Gasteiger partial charge in [0.2, 0.25) is 0 Å². The number of esters is 1. The van der Waals surface area contributed by atoms with Gasteiger partial charge in [0.25, 0.3) is 0 Å². The zero-order chi connectivity index (χ0) is 24.3. The molecule has 1 aliphatic rings. The number of carbonyl (C=O) groups excluding carboxylic acids is 1. The molecule has 3 unspecified atom stereocenters. The van der Waals surface area contributed by atoms with Gasteiger partial charge in [-0.3, -0.25) is 9.32 Å². The van der Waals surface area contributed by atoms with Gasteiger partial charge in [-0.1, -0.05) is 25.1 Å². The summed E-state index contributed by atoms with van der Waals surface area (Å²) in [6.07, 6.45) is 2.48. The Morgan fingerprint density at radius 3 is 2.76 bits per heavy atom. The van der Waals surface area contributed by atoms with Crippen LogP contribution in [0.25, 0.3) is 11.2 Å². The van der Waals surface area contributed by atoms with Crippen molar-refractivity contribution in [3.8, 4) is 5.75 Å². The predicted octanol–water partition coefficient (Wildman–Crippen LogP) is 3.29. The van der Waals surface area contributed by atoms with Gasteiger partial charge in [0.1, 0.15) is 23.6 Å². The molecule has 1 aromatic carbocycles. The van der Waals surface area contributed by atoms with Crippen LogP contribution in [0.2, 0.25) is 0 Å². The summed E-state index contributed by atoms with van der Waals surface area (Å²) in [4.78, 5) is 20.7. The highest BCUT2D eigenvalue weighted by Crippen LogP contribution is 2.51. The molecule has 12 heteroatoms. The minimum absolute atomic E-state index is 0.209. The van der Waals surface area contributed by atoms with Crippen LogP contribution < -0.4 is 21.1 Å². The standard InChI is InChI=1S/C22H29N6O5P/c1-3-31-20(29)12-26-34(30,32-15-7-5-4-6-8-15)33-18-10-14(2)9-17(18)28-13-25-21-16(23)11-19(24)27-22(21)28/h4-8,11,13-14,17-18H,3,9-10,12H2,1-2H3,(H,26,30)(H4,23,24,27)/t14-,17?,18?,34?/m1/s1. The number of para-hydroxylation sites is 1. The molecule has 5 N–H and O–H groups in total. The van der Waals surface area contributed by atoms with Gasteiger partial charge in [-0.2, -0.15) is 0 Å². The number of hydrogen-bond acceptors (Lipinski definition) is 9. The Labute approximate surface area is 197 Å². The molecule has 11 nitrogen and oxygen atoms in total. The van der Waals surface area contributed by atoms with Crippen molar-refractivity contribution in [3.05, 3.63) is 42.7 Å². The second-order valence-corrected chi connectivity index (χ2v) is 9.99. The third kappa shape index (κ3) is 5.32. The van der Waals surface area contributed by atoms with Gasteiger partial charge in [-0.05, 0) is 37.8 Å². The van der Waals surface area contributed by atoms with Crippen molar-refractivity contribution in [2.24, 2.45) is 5.92 Å². The number of fused-ring (bicyclic) bond motifs is 1. The molecular formula is C22H29N6O5P. The van der Waals surface area contributed by atoms with E-state index in [0.29, 0.717) is 29.0 Å². The molecule has 4 atom stereocenters. The summed E-state index contributed by atoms with van der Waals surface area (Å²) < 4.78 is 32.5. The van der Waals surface area contributed by atoms with Gasteiger partial charge in [0.15, 0.2) is 5.65 Å². The number of imidazole rings is 1. The first-order valence-corrected chi connectivity index (χ1v) is 12.6. The van der Waals surface area contributed by atoms with Gasteiger partial charge in [0.05, 0.1) is 30.8 Å². The number of pyridine rings is 1. The first-order chi connectivity index (χ1) is 16.3. The van der Waals surface area contributed by atoms with Gasteiger partial charge in [-0.15, -0.1) is 0 Å². The van der Waals surface area contributed by atoms with Crippen LogP contribution in [0, 0.1) is 5.92 Å². The molecule has 2 aromatic heterocycles. The van der Waals surface area contributed by atoms with E-state index in [9.17, 15) is 9.36 Å². The zero-order valence-electron chi connectivity index (χ0n) is 19.1. The van der Waals surface area contributed by atoms with Gasteiger partial charge in [0, 0.05) is 6.07 Å². The molecule has 0 aliphatic heterocycles. The molecule has 0 bridgehead atoms. The van der Waals surface area contributed by atoms with E-state index in [2.05, 4.69) is 22.0 Å². The summed E-state index contributed by atoms with van der Waals surface area (Å²) in [6.45, 7) is 3.66. The number of ether oxygens (including phenoxy) is 1. The van der Waals surface area contributed by atoms with E-state index in [4.69, 9.17) is 25.3 Å². The lowest BCUT2D eigenvalue weighted by Crippen LogP contribution is -2.29. The average Bonchev–Trinajstić information content (AvgIpc) is 3.36. The van der Waals surface area contributed by atoms with Crippen molar-refractivity contribution in [1.29, 1.82) is 0 Å². The van der Waals surface area contributed by atoms with Gasteiger partial charge < -0.3 is 25.3 Å². The number of nitrogens with one attached hydrogen (secondary N) is 1. The predicted molar refractivity (Wildman–Crippen MR) is 128 cm³/mol. The maximum absolute atomic E-state index is 13.8. The molecule has 2 heterocycles. The van der Waals surface area contributed by atoms with Crippen LogP contribution in [0.4, 0.5) is 11.5 Å². The molecule has 3 aromatic rings. The lowest BCUT2D eigenvalue weighted by Gasteiger charge is -2.27. The van der Waals surface area contributed by atoms with Crippen molar-refractivity contribution in [3.63, 3.8) is 0 Å². The number of nitrogens with two attached hydrogens (primary N) is 2. The van der Waals surface area contributed by atoms with Crippen LogP contribution in [-0.4, -0.2) is 39.8 Å². The molecule has 1 aliphatic carbocycles. The van der Waals surface area contributed by atoms with E-state index in [-0.39, 0.29) is 30.9 Å². The van der Waals surface area contributed by atoms with Crippen LogP contribution in [0.15, 0.2) is 42.7 Å². The number of rotatable bonds is 9. The Bertz CT molecular complexity index is 1200. The van der Waals surface area contributed by atoms with Crippen molar-refractivity contribution in [2.45, 2.75) is 38.8 Å². The van der Waals surface area contributed by atoms with E-state index >= 15 is 0 Å². The van der Waals surface area contributed by atoms with E-state index in [1.54, 1.807) is 43.6 Å². The molecule has 1 saturated carbocycles. The first kappa shape index (κ1) is 24.0. The lowest BCUT2D eigenvalue weighted by atomic mass is 10.1. The molecular weight excluding hydrogens is 459 g/mol. The maximum atomic E-state index is 13.8. The van der Waals surface area contributed by atoms with Crippen LogP contribution in [0.1, 0.15) is 32.7 Å². The van der Waals surface area contributed by atoms with E-state index in [1.165, 1.54) is 0 Å². The minimum atomic E-state index is -3.97. The number of anilines is 2. The highest BCUT2D eigenvalue weighted by molar-refractivity contribution is 7.52. The summed E-state index contributed by atoms with van der Waals surface area (Å²) in [5.41, 5.74) is 13.5. The minimum Gasteiger partial charge on any atom is -0.465 e. The normalized spacial score (nSPS) is 21.9. The Morgan fingerprint density at radius 2 is 2.03 bits per heavy atom. The number of benzene rings is 1. The van der Waals surface area contributed by atoms with Crippen molar-refractivity contribution < 1.29 is 23.1 Å². The summed E-state index contributed by atoms with van der Waals surface area (Å²) in [6, 6.07) is 9.96. The van der Waals surface area contributed by atoms with Crippen LogP contribution >= 0.6 is 7.75 Å². The van der Waals surface area contributed by atoms with E-state index in [0.717, 1.165) is 6.42 Å². The summed E-state index contributed by atoms with van der Waals surface area (Å²) in [7, 11) is -3.97. The molecule has 0 spiro atoms. The lowest BCUT2D eigenvalue weighted by molar-refractivity contribution is -0.141. The van der Waals surface area contributed by atoms with E-state index < -0.39 is 19.8 Å². The molecule has 0 saturated heterocycles. The maximum Gasteiger partial charge on any atom is 0.459 e. The van der Waals surface area contributed by atoms with Crippen LogP contribution in [0.5, 0.6) is 5.75 Å². The molecule has 182 valence electrons. The molecule has 0 radical (unpaired) electrons. The van der Waals surface area contributed by atoms with Crippen LogP contribution in [0.3, 0.4) is 0 Å². The Kier molecular flexibility index (Phi) is 7.06. The molecule has 0 amide bonds.